The fourth-order valence-electron chi connectivity index (χ4n) is 3.80. The highest BCUT2D eigenvalue weighted by atomic mass is 19.1. The lowest BCUT2D eigenvalue weighted by molar-refractivity contribution is -0.121. The lowest BCUT2D eigenvalue weighted by Crippen LogP contribution is -2.26. The Kier molecular flexibility index (Phi) is 5.93. The number of halogens is 1. The van der Waals surface area contributed by atoms with Crippen LogP contribution in [0.3, 0.4) is 0 Å². The lowest BCUT2D eigenvalue weighted by Gasteiger charge is -2.13. The summed E-state index contributed by atoms with van der Waals surface area (Å²) < 4.78 is 17.2. The highest BCUT2D eigenvalue weighted by Crippen LogP contribution is 2.17. The maximum Gasteiger partial charge on any atom is 0.275 e. The zero-order valence-electron chi connectivity index (χ0n) is 16.7. The minimum Gasteiger partial charge on any atom is -0.356 e. The molecule has 1 N–H and O–H groups in total. The van der Waals surface area contributed by atoms with Gasteiger partial charge in [0.2, 0.25) is 5.91 Å². The van der Waals surface area contributed by atoms with E-state index in [0.29, 0.717) is 37.0 Å². The van der Waals surface area contributed by atoms with E-state index in [-0.39, 0.29) is 11.5 Å². The Labute approximate surface area is 173 Å². The van der Waals surface area contributed by atoms with Crippen molar-refractivity contribution in [1.82, 2.24) is 14.3 Å². The van der Waals surface area contributed by atoms with Gasteiger partial charge in [0.25, 0.3) is 5.56 Å². The molecule has 4 rings (SSSR count). The Hall–Kier alpha value is -3.41. The second-order valence-corrected chi connectivity index (χ2v) is 7.40. The van der Waals surface area contributed by atoms with E-state index in [2.05, 4.69) is 17.4 Å². The molecule has 0 spiro atoms. The van der Waals surface area contributed by atoms with Crippen LogP contribution in [0.4, 0.5) is 4.39 Å². The predicted molar refractivity (Wildman–Crippen MR) is 116 cm³/mol. The second kappa shape index (κ2) is 8.95. The Morgan fingerprint density at radius 3 is 2.60 bits per heavy atom. The van der Waals surface area contributed by atoms with Gasteiger partial charge in [0, 0.05) is 25.7 Å². The Morgan fingerprint density at radius 1 is 0.933 bits per heavy atom. The summed E-state index contributed by atoms with van der Waals surface area (Å²) in [6.45, 7) is 0.982. The van der Waals surface area contributed by atoms with Crippen molar-refractivity contribution in [1.29, 1.82) is 0 Å². The first-order valence-electron chi connectivity index (χ1n) is 10.2. The molecule has 0 aliphatic rings. The van der Waals surface area contributed by atoms with E-state index >= 15 is 0 Å². The smallest absolute Gasteiger partial charge is 0.275 e. The molecule has 0 fully saturated rings. The molecule has 0 aliphatic carbocycles. The molecular weight excluding hydrogens is 381 g/mol. The van der Waals surface area contributed by atoms with Crippen molar-refractivity contribution < 1.29 is 9.18 Å². The van der Waals surface area contributed by atoms with Crippen LogP contribution >= 0.6 is 0 Å². The minimum atomic E-state index is -0.390. The van der Waals surface area contributed by atoms with Crippen molar-refractivity contribution in [2.24, 2.45) is 0 Å². The number of hydrogen-bond acceptors (Lipinski definition) is 2. The monoisotopic (exact) mass is 405 g/mol. The number of hydrogen-bond donors (Lipinski definition) is 1. The fraction of sp³-hybridized carbons (Fsp3) is 0.250. The molecule has 0 saturated heterocycles. The Morgan fingerprint density at radius 2 is 1.77 bits per heavy atom. The van der Waals surface area contributed by atoms with Gasteiger partial charge in [-0.1, -0.05) is 30.3 Å². The van der Waals surface area contributed by atoms with Gasteiger partial charge in [-0.15, -0.1) is 0 Å². The molecule has 2 aromatic carbocycles. The number of amides is 1. The number of nitrogens with zero attached hydrogens (tertiary/aromatic N) is 2. The van der Waals surface area contributed by atoms with E-state index in [0.717, 1.165) is 18.4 Å². The molecule has 0 aliphatic heterocycles. The van der Waals surface area contributed by atoms with Gasteiger partial charge < -0.3 is 14.3 Å². The topological polar surface area (TPSA) is 55.5 Å². The Balaban J connectivity index is 1.36. The highest BCUT2D eigenvalue weighted by molar-refractivity contribution is 5.79. The summed E-state index contributed by atoms with van der Waals surface area (Å²) in [6, 6.07) is 18.2. The average Bonchev–Trinajstić information content (AvgIpc) is 3.24. The summed E-state index contributed by atoms with van der Waals surface area (Å²) in [4.78, 5) is 25.0. The zero-order chi connectivity index (χ0) is 20.9. The maximum absolute atomic E-state index is 13.8. The number of aryl methyl sites for hydroxylation is 2. The molecular formula is C24H24FN3O2. The van der Waals surface area contributed by atoms with Gasteiger partial charge >= 0.3 is 0 Å². The van der Waals surface area contributed by atoms with Crippen LogP contribution in [0.25, 0.3) is 16.6 Å². The van der Waals surface area contributed by atoms with Gasteiger partial charge in [0.1, 0.15) is 11.3 Å². The minimum absolute atomic E-state index is 0.0321. The zero-order valence-corrected chi connectivity index (χ0v) is 16.7. The van der Waals surface area contributed by atoms with E-state index < -0.39 is 5.82 Å². The van der Waals surface area contributed by atoms with Crippen molar-refractivity contribution in [3.05, 3.63) is 88.6 Å². The first-order valence-corrected chi connectivity index (χ1v) is 10.2. The third-order valence-corrected chi connectivity index (χ3v) is 5.29. The molecule has 154 valence electrons. The number of rotatable bonds is 8. The molecule has 0 bridgehead atoms. The van der Waals surface area contributed by atoms with Gasteiger partial charge in [0.15, 0.2) is 0 Å². The lowest BCUT2D eigenvalue weighted by atomic mass is 10.1. The molecule has 1 amide bonds. The van der Waals surface area contributed by atoms with Gasteiger partial charge in [-0.05, 0) is 55.2 Å². The molecule has 0 unspecified atom stereocenters. The van der Waals surface area contributed by atoms with E-state index in [1.54, 1.807) is 33.4 Å². The van der Waals surface area contributed by atoms with Crippen LogP contribution in [-0.4, -0.2) is 21.4 Å². The van der Waals surface area contributed by atoms with Crippen LogP contribution in [0.1, 0.15) is 24.8 Å². The van der Waals surface area contributed by atoms with Crippen molar-refractivity contribution in [3.8, 4) is 0 Å². The number of fused-ring (bicyclic) bond motifs is 3. The number of carbonyl (C=O) groups is 1. The van der Waals surface area contributed by atoms with Crippen LogP contribution in [-0.2, 0) is 17.8 Å². The first kappa shape index (κ1) is 19.9. The van der Waals surface area contributed by atoms with E-state index in [4.69, 9.17) is 0 Å². The van der Waals surface area contributed by atoms with Gasteiger partial charge in [-0.2, -0.15) is 0 Å². The molecule has 30 heavy (non-hydrogen) atoms. The van der Waals surface area contributed by atoms with Crippen molar-refractivity contribution >= 4 is 22.5 Å². The number of aromatic nitrogens is 2. The van der Waals surface area contributed by atoms with Crippen LogP contribution < -0.4 is 10.9 Å². The summed E-state index contributed by atoms with van der Waals surface area (Å²) in [5.41, 5.74) is 2.92. The molecule has 0 atom stereocenters. The van der Waals surface area contributed by atoms with Crippen molar-refractivity contribution in [2.75, 3.05) is 6.54 Å². The third-order valence-electron chi connectivity index (χ3n) is 5.29. The predicted octanol–water partition coefficient (Wildman–Crippen LogP) is 3.92. The number of benzene rings is 2. The maximum atomic E-state index is 13.8. The second-order valence-electron chi connectivity index (χ2n) is 7.40. The summed E-state index contributed by atoms with van der Waals surface area (Å²) in [7, 11) is 0. The van der Waals surface area contributed by atoms with Gasteiger partial charge in [-0.3, -0.25) is 9.59 Å². The molecule has 0 saturated carbocycles. The van der Waals surface area contributed by atoms with E-state index in [9.17, 15) is 14.0 Å². The van der Waals surface area contributed by atoms with Gasteiger partial charge in [0.05, 0.1) is 11.0 Å². The summed E-state index contributed by atoms with van der Waals surface area (Å²) in [5.74, 6) is -0.423. The van der Waals surface area contributed by atoms with Crippen LogP contribution in [0.5, 0.6) is 0 Å². The molecule has 6 heteroatoms. The van der Waals surface area contributed by atoms with Crippen molar-refractivity contribution in [2.45, 2.75) is 32.2 Å². The summed E-state index contributed by atoms with van der Waals surface area (Å²) in [5, 5.41) is 2.94. The molecule has 4 aromatic rings. The molecule has 0 radical (unpaired) electrons. The summed E-state index contributed by atoms with van der Waals surface area (Å²) in [6.07, 6.45) is 4.42. The average molecular weight is 405 g/mol. The molecule has 5 nitrogen and oxygen atoms in total. The standard InChI is InChI=1S/C24H24FN3O2/c25-19-12-13-20-22(17-19)28(24(30)21-10-5-15-27(20)21)16-6-11-23(29)26-14-4-9-18-7-2-1-3-8-18/h1-3,5,7-8,10,12-13,15,17H,4,6,9,11,14,16H2,(H,26,29). The van der Waals surface area contributed by atoms with Crippen LogP contribution in [0.2, 0.25) is 0 Å². The van der Waals surface area contributed by atoms with Crippen LogP contribution in [0, 0.1) is 5.82 Å². The SMILES string of the molecule is O=C(CCCn1c(=O)c2cccn2c2ccc(F)cc21)NCCCc1ccccc1. The van der Waals surface area contributed by atoms with Crippen molar-refractivity contribution in [3.63, 3.8) is 0 Å². The summed E-state index contributed by atoms with van der Waals surface area (Å²) >= 11 is 0. The first-order chi connectivity index (χ1) is 14.6. The van der Waals surface area contributed by atoms with E-state index in [1.165, 1.54) is 17.7 Å². The Bertz CT molecular complexity index is 1230. The molecule has 2 aromatic heterocycles. The van der Waals surface area contributed by atoms with E-state index in [1.807, 2.05) is 18.2 Å². The largest absolute Gasteiger partial charge is 0.356 e. The van der Waals surface area contributed by atoms with Gasteiger partial charge in [-0.25, -0.2) is 4.39 Å². The van der Waals surface area contributed by atoms with Crippen LogP contribution in [0.15, 0.2) is 71.7 Å². The molecule has 2 heterocycles. The quantitative estimate of drug-likeness (QED) is 0.452. The third kappa shape index (κ3) is 4.27. The fourth-order valence-corrected chi connectivity index (χ4v) is 3.80. The number of nitrogens with one attached hydrogen (secondary N) is 1. The number of carbonyl (C=O) groups excluding carboxylic acids is 1. The normalized spacial score (nSPS) is 11.2. The highest BCUT2D eigenvalue weighted by Gasteiger charge is 2.12.